The molecule has 1 aliphatic carbocycles. The first kappa shape index (κ1) is 43.4. The Morgan fingerprint density at radius 3 is 1.02 bits per heavy atom. The van der Waals surface area contributed by atoms with Crippen molar-refractivity contribution in [3.05, 3.63) is 49.9 Å². The van der Waals surface area contributed by atoms with Crippen LogP contribution in [0, 0.1) is 49.4 Å². The Bertz CT molecular complexity index is 971. The van der Waals surface area contributed by atoms with Crippen molar-refractivity contribution in [2.75, 3.05) is 0 Å². The molecule has 3 aliphatic rings. The third-order valence-corrected chi connectivity index (χ3v) is 18.0. The summed E-state index contributed by atoms with van der Waals surface area (Å²) in [5.41, 5.74) is -1.94. The molecular weight excluding hydrogens is 722 g/mol. The van der Waals surface area contributed by atoms with Gasteiger partial charge >= 0.3 is 5.51 Å². The zero-order chi connectivity index (χ0) is 33.2. The average Bonchev–Trinajstić information content (AvgIpc) is 3.53. The van der Waals surface area contributed by atoms with Crippen LogP contribution in [0.1, 0.15) is 107 Å². The number of benzene rings is 1. The Hall–Kier alpha value is 0.403. The van der Waals surface area contributed by atoms with Gasteiger partial charge in [0.15, 0.2) is 10.1 Å². The van der Waals surface area contributed by atoms with E-state index in [-0.39, 0.29) is 35.3 Å². The van der Waals surface area contributed by atoms with E-state index >= 15 is 0 Å². The van der Waals surface area contributed by atoms with Crippen molar-refractivity contribution in [2.45, 2.75) is 135 Å². The van der Waals surface area contributed by atoms with Gasteiger partial charge in [0, 0.05) is 19.5 Å². The molecule has 3 nitrogen and oxygen atoms in total. The van der Waals surface area contributed by atoms with E-state index in [1.54, 1.807) is 0 Å². The number of hydrogen-bond donors (Lipinski definition) is 0. The number of hydrogen-bond acceptors (Lipinski definition) is 3. The van der Waals surface area contributed by atoms with Crippen LogP contribution in [-0.2, 0) is 29.6 Å². The van der Waals surface area contributed by atoms with Crippen LogP contribution < -0.4 is 10.6 Å². The Morgan fingerprint density at radius 1 is 0.622 bits per heavy atom. The van der Waals surface area contributed by atoms with Crippen molar-refractivity contribution < 1.29 is 45.6 Å². The van der Waals surface area contributed by atoms with Gasteiger partial charge in [-0.05, 0) is 134 Å². The molecule has 2 aliphatic heterocycles. The minimum Gasteiger partial charge on any atom is -0.741 e. The molecule has 45 heavy (non-hydrogen) atoms. The molecule has 1 aromatic carbocycles. The Morgan fingerprint density at radius 2 is 0.844 bits per heavy atom. The first-order valence-corrected chi connectivity index (χ1v) is 20.8. The average molecular weight is 779 g/mol. The topological polar surface area (TPSA) is 57.2 Å². The molecule has 2 heterocycles. The van der Waals surface area contributed by atoms with Crippen molar-refractivity contribution in [2.24, 2.45) is 23.7 Å². The van der Waals surface area contributed by atoms with Gasteiger partial charge in [-0.1, -0.05) is 95.5 Å². The molecule has 0 N–H and O–H groups in total. The van der Waals surface area contributed by atoms with Gasteiger partial charge in [0.05, 0.1) is 0 Å². The third kappa shape index (κ3) is 13.0. The van der Waals surface area contributed by atoms with Gasteiger partial charge in [-0.3, -0.25) is 0 Å². The minimum absolute atomic E-state index is 0. The summed E-state index contributed by atoms with van der Waals surface area (Å²) in [6.45, 7) is 19.9. The van der Waals surface area contributed by atoms with Crippen LogP contribution in [-0.4, -0.2) is 41.1 Å². The fourth-order valence-corrected chi connectivity index (χ4v) is 15.4. The summed E-state index contributed by atoms with van der Waals surface area (Å²) in [7, 11) is -6.18. The molecular formula is C35H56F3O3P2RhS-. The van der Waals surface area contributed by atoms with Gasteiger partial charge in [-0.15, -0.1) is 0 Å². The molecule has 0 bridgehead atoms. The smallest absolute Gasteiger partial charge is 0.485 e. The van der Waals surface area contributed by atoms with Crippen LogP contribution in [0.25, 0.3) is 0 Å². The maximum absolute atomic E-state index is 10.7. The largest absolute Gasteiger partial charge is 0.741 e. The summed E-state index contributed by atoms with van der Waals surface area (Å²) in [4.78, 5) is 0. The zero-order valence-corrected chi connectivity index (χ0v) is 32.6. The van der Waals surface area contributed by atoms with Crippen LogP contribution in [0.5, 0.6) is 0 Å². The van der Waals surface area contributed by atoms with Crippen molar-refractivity contribution in [3.63, 3.8) is 0 Å². The van der Waals surface area contributed by atoms with E-state index in [1.165, 1.54) is 51.4 Å². The standard InChI is InChI=1S/C26H44P2.C8H12.CHF3O3S.Rh/c1-17(2)21-13-14-22(18(3)4)27(21)25-11-9-10-12-26(25)28-23(19(5)6)15-16-24(28)20(7)8;1-2-4-6-8-7-5-3-1;2-1(3,4)8(5,6)7;/h9-12,17-24H,13-16H2,1-8H3;1-2,7-8H,3-6H2;(H,5,6,7);/p-1/t21-,22-,23-,24-;;;/m1.../s1. The van der Waals surface area contributed by atoms with Crippen molar-refractivity contribution in [1.82, 2.24) is 0 Å². The Labute approximate surface area is 289 Å². The molecule has 0 aromatic heterocycles. The second-order valence-corrected chi connectivity index (χ2v) is 20.3. The molecule has 3 fully saturated rings. The summed E-state index contributed by atoms with van der Waals surface area (Å²) in [6.07, 6.45) is 19.8. The predicted octanol–water partition coefficient (Wildman–Crippen LogP) is 10.0. The van der Waals surface area contributed by atoms with E-state index in [9.17, 15) is 13.2 Å². The van der Waals surface area contributed by atoms with E-state index in [2.05, 4.69) is 105 Å². The second-order valence-electron chi connectivity index (χ2n) is 13.7. The van der Waals surface area contributed by atoms with Gasteiger partial charge in [-0.2, -0.15) is 13.2 Å². The molecule has 0 spiro atoms. The van der Waals surface area contributed by atoms with E-state index in [4.69, 9.17) is 13.0 Å². The zero-order valence-electron chi connectivity index (χ0n) is 28.4. The normalized spacial score (nSPS) is 25.3. The van der Waals surface area contributed by atoms with Gasteiger partial charge in [0.1, 0.15) is 0 Å². The Kier molecular flexibility index (Phi) is 19.5. The SMILES string of the molecule is CC(C)[C@H]1CC[C@H](C(C)C)P1c1ccccc1P1[C@@H](C(C)C)CC[C@@H]1C(C)C.O=S(=O)([O-])C(F)(F)F.[CH]1[CH]CC[CH][CH]CC1.[Rh]. The van der Waals surface area contributed by atoms with E-state index in [0.29, 0.717) is 0 Å². The van der Waals surface area contributed by atoms with Crippen molar-refractivity contribution >= 4 is 36.6 Å². The summed E-state index contributed by atoms with van der Waals surface area (Å²) >= 11 is 0. The first-order chi connectivity index (χ1) is 20.5. The van der Waals surface area contributed by atoms with Crippen molar-refractivity contribution in [3.8, 4) is 0 Å². The molecule has 1 aromatic rings. The molecule has 5 radical (unpaired) electrons. The number of alkyl halides is 3. The van der Waals surface area contributed by atoms with Crippen LogP contribution in [0.3, 0.4) is 0 Å². The summed E-state index contributed by atoms with van der Waals surface area (Å²) in [5.74, 6) is 3.28. The molecule has 1 saturated carbocycles. The van der Waals surface area contributed by atoms with Gasteiger partial charge in [-0.25, -0.2) is 8.42 Å². The molecule has 0 unspecified atom stereocenters. The van der Waals surface area contributed by atoms with E-state index in [1.807, 2.05) is 10.6 Å². The van der Waals surface area contributed by atoms with Crippen LogP contribution in [0.2, 0.25) is 0 Å². The van der Waals surface area contributed by atoms with Crippen LogP contribution in [0.15, 0.2) is 24.3 Å². The third-order valence-electron chi connectivity index (χ3n) is 9.08. The van der Waals surface area contributed by atoms with Crippen molar-refractivity contribution in [1.29, 1.82) is 0 Å². The maximum Gasteiger partial charge on any atom is 0.485 e. The monoisotopic (exact) mass is 778 g/mol. The predicted molar refractivity (Wildman–Crippen MR) is 184 cm³/mol. The molecule has 261 valence electrons. The minimum atomic E-state index is -6.09. The molecule has 2 saturated heterocycles. The quantitative estimate of drug-likeness (QED) is 0.125. The molecule has 10 heteroatoms. The first-order valence-electron chi connectivity index (χ1n) is 16.5. The number of halogens is 3. The van der Waals surface area contributed by atoms with E-state index in [0.717, 1.165) is 46.3 Å². The summed E-state index contributed by atoms with van der Waals surface area (Å²) in [5, 5.41) is 3.66. The van der Waals surface area contributed by atoms with Crippen LogP contribution >= 0.6 is 15.8 Å². The fraction of sp³-hybridized carbons (Fsp3) is 0.714. The Balaban J connectivity index is 0.000000488. The van der Waals surface area contributed by atoms with Gasteiger partial charge < -0.3 is 4.55 Å². The molecule has 4 atom stereocenters. The summed E-state index contributed by atoms with van der Waals surface area (Å²) < 4.78 is 58.9. The molecule has 4 rings (SSSR count). The van der Waals surface area contributed by atoms with Crippen LogP contribution in [0.4, 0.5) is 13.2 Å². The second kappa shape index (κ2) is 20.2. The molecule has 0 amide bonds. The van der Waals surface area contributed by atoms with Gasteiger partial charge in [0.2, 0.25) is 0 Å². The summed E-state index contributed by atoms with van der Waals surface area (Å²) in [6, 6.07) is 9.86. The van der Waals surface area contributed by atoms with Gasteiger partial charge in [0.25, 0.3) is 0 Å². The maximum atomic E-state index is 10.7. The van der Waals surface area contributed by atoms with E-state index < -0.39 is 15.6 Å². The fourth-order valence-electron chi connectivity index (χ4n) is 6.82. The number of rotatable bonds is 6.